The maximum atomic E-state index is 12.9. The summed E-state index contributed by atoms with van der Waals surface area (Å²) in [5.41, 5.74) is 0.326. The summed E-state index contributed by atoms with van der Waals surface area (Å²) >= 11 is 0. The maximum Gasteiger partial charge on any atom is 0.295 e. The van der Waals surface area contributed by atoms with Crippen LogP contribution in [0.3, 0.4) is 0 Å². The van der Waals surface area contributed by atoms with E-state index < -0.39 is 17.7 Å². The largest absolute Gasteiger partial charge is 0.507 e. The molecule has 0 radical (unpaired) electrons. The predicted molar refractivity (Wildman–Crippen MR) is 111 cm³/mol. The second-order valence-corrected chi connectivity index (χ2v) is 7.31. The highest BCUT2D eigenvalue weighted by molar-refractivity contribution is 6.46. The fraction of sp³-hybridized carbons (Fsp3) is 0.364. The molecule has 0 aliphatic carbocycles. The number of ketones is 1. The molecule has 8 heteroatoms. The van der Waals surface area contributed by atoms with Gasteiger partial charge >= 0.3 is 0 Å². The van der Waals surface area contributed by atoms with Crippen molar-refractivity contribution in [2.45, 2.75) is 13.0 Å². The minimum Gasteiger partial charge on any atom is -0.507 e. The van der Waals surface area contributed by atoms with Crippen molar-refractivity contribution in [3.05, 3.63) is 53.0 Å². The Morgan fingerprint density at radius 3 is 2.40 bits per heavy atom. The molecule has 2 aromatic rings. The summed E-state index contributed by atoms with van der Waals surface area (Å²) in [4.78, 5) is 29.1. The molecule has 0 saturated carbocycles. The number of benzene rings is 1. The van der Waals surface area contributed by atoms with E-state index in [1.807, 2.05) is 19.0 Å². The van der Waals surface area contributed by atoms with Gasteiger partial charge in [-0.1, -0.05) is 0 Å². The van der Waals surface area contributed by atoms with Crippen molar-refractivity contribution in [3.63, 3.8) is 0 Å². The molecular weight excluding hydrogens is 388 g/mol. The molecular formula is C22H26N2O6. The zero-order valence-electron chi connectivity index (χ0n) is 17.8. The number of nitrogens with zero attached hydrogens (tertiary/aromatic N) is 2. The van der Waals surface area contributed by atoms with E-state index in [2.05, 4.69) is 0 Å². The molecule has 1 aromatic carbocycles. The quantitative estimate of drug-likeness (QED) is 0.423. The summed E-state index contributed by atoms with van der Waals surface area (Å²) in [5, 5.41) is 11.1. The molecule has 1 N–H and O–H groups in total. The fourth-order valence-corrected chi connectivity index (χ4v) is 3.45. The number of amides is 1. The third kappa shape index (κ3) is 3.91. The van der Waals surface area contributed by atoms with Crippen LogP contribution in [-0.2, 0) is 9.59 Å². The summed E-state index contributed by atoms with van der Waals surface area (Å²) in [6.07, 6.45) is 0. The Labute approximate surface area is 175 Å². The summed E-state index contributed by atoms with van der Waals surface area (Å²) in [6.45, 7) is 2.65. The lowest BCUT2D eigenvalue weighted by Crippen LogP contribution is -2.35. The van der Waals surface area contributed by atoms with E-state index in [1.54, 1.807) is 37.3 Å². The highest BCUT2D eigenvalue weighted by Gasteiger charge is 2.47. The number of methoxy groups -OCH3 is 2. The van der Waals surface area contributed by atoms with Crippen LogP contribution >= 0.6 is 0 Å². The van der Waals surface area contributed by atoms with Crippen LogP contribution in [0, 0.1) is 6.92 Å². The van der Waals surface area contributed by atoms with Crippen LogP contribution in [0.5, 0.6) is 11.5 Å². The minimum atomic E-state index is -0.813. The van der Waals surface area contributed by atoms with Crippen LogP contribution in [0.25, 0.3) is 5.76 Å². The Morgan fingerprint density at radius 1 is 1.13 bits per heavy atom. The molecule has 1 aliphatic rings. The number of likely N-dealkylation sites (N-methyl/N-ethyl adjacent to an activating group) is 1. The average molecular weight is 414 g/mol. The highest BCUT2D eigenvalue weighted by Crippen LogP contribution is 2.41. The number of hydrogen-bond acceptors (Lipinski definition) is 7. The number of Topliss-reactive ketones (excluding diaryl/α,β-unsaturated/α-hetero) is 1. The van der Waals surface area contributed by atoms with Crippen molar-refractivity contribution in [2.24, 2.45) is 0 Å². The van der Waals surface area contributed by atoms with Crippen LogP contribution < -0.4 is 9.47 Å². The molecule has 8 nitrogen and oxygen atoms in total. The minimum absolute atomic E-state index is 0.0136. The lowest BCUT2D eigenvalue weighted by Gasteiger charge is -2.24. The van der Waals surface area contributed by atoms with Crippen molar-refractivity contribution in [2.75, 3.05) is 41.4 Å². The topological polar surface area (TPSA) is 92.5 Å². The monoisotopic (exact) mass is 414 g/mol. The van der Waals surface area contributed by atoms with E-state index in [9.17, 15) is 14.7 Å². The summed E-state index contributed by atoms with van der Waals surface area (Å²) in [6, 6.07) is 7.46. The number of aryl methyl sites for hydroxylation is 1. The van der Waals surface area contributed by atoms with Gasteiger partial charge in [0.2, 0.25) is 0 Å². The number of carbonyl (C=O) groups excluding carboxylic acids is 2. The number of aliphatic hydroxyl groups is 1. The molecule has 1 saturated heterocycles. The van der Waals surface area contributed by atoms with Crippen LogP contribution in [0.1, 0.15) is 23.1 Å². The number of furan rings is 1. The molecule has 1 amide bonds. The Morgan fingerprint density at radius 2 is 1.83 bits per heavy atom. The number of aliphatic hydroxyl groups excluding tert-OH is 1. The van der Waals surface area contributed by atoms with Gasteiger partial charge in [0.25, 0.3) is 11.7 Å². The van der Waals surface area contributed by atoms with Gasteiger partial charge in [-0.25, -0.2) is 0 Å². The molecule has 1 fully saturated rings. The Bertz CT molecular complexity index is 991. The molecule has 1 aromatic heterocycles. The highest BCUT2D eigenvalue weighted by atomic mass is 16.5. The zero-order chi connectivity index (χ0) is 22.0. The van der Waals surface area contributed by atoms with Crippen molar-refractivity contribution in [3.8, 4) is 11.5 Å². The predicted octanol–water partition coefficient (Wildman–Crippen LogP) is 2.59. The van der Waals surface area contributed by atoms with Gasteiger partial charge in [0.1, 0.15) is 23.3 Å². The van der Waals surface area contributed by atoms with Gasteiger partial charge in [-0.3, -0.25) is 9.59 Å². The van der Waals surface area contributed by atoms with E-state index >= 15 is 0 Å². The molecule has 0 spiro atoms. The first kappa shape index (κ1) is 21.4. The number of rotatable bonds is 7. The molecule has 30 heavy (non-hydrogen) atoms. The first-order valence-corrected chi connectivity index (χ1v) is 9.50. The Balaban J connectivity index is 2.14. The van der Waals surface area contributed by atoms with Gasteiger partial charge in [0.15, 0.2) is 11.5 Å². The molecule has 1 atom stereocenters. The van der Waals surface area contributed by atoms with Gasteiger partial charge in [-0.05, 0) is 51.4 Å². The van der Waals surface area contributed by atoms with E-state index in [1.165, 1.54) is 19.1 Å². The van der Waals surface area contributed by atoms with Crippen molar-refractivity contribution in [1.82, 2.24) is 9.80 Å². The van der Waals surface area contributed by atoms with Crippen molar-refractivity contribution < 1.29 is 28.6 Å². The Kier molecular flexibility index (Phi) is 6.17. The zero-order valence-corrected chi connectivity index (χ0v) is 17.8. The van der Waals surface area contributed by atoms with Gasteiger partial charge in [0, 0.05) is 18.7 Å². The second kappa shape index (κ2) is 8.62. The first-order chi connectivity index (χ1) is 14.3. The molecule has 2 heterocycles. The number of likely N-dealkylation sites (tertiary alicyclic amines) is 1. The lowest BCUT2D eigenvalue weighted by molar-refractivity contribution is -0.140. The normalized spacial score (nSPS) is 18.3. The van der Waals surface area contributed by atoms with E-state index in [0.29, 0.717) is 41.7 Å². The SMILES string of the molecule is COc1ccc(/C(O)=C2/C(=O)C(=O)N(CCN(C)C)C2c2ccc(C)o2)cc1OC. The van der Waals surface area contributed by atoms with Gasteiger partial charge in [-0.15, -0.1) is 0 Å². The molecule has 3 rings (SSSR count). The van der Waals surface area contributed by atoms with Gasteiger partial charge < -0.3 is 28.8 Å². The number of carbonyl (C=O) groups is 2. The number of ether oxygens (including phenoxy) is 2. The summed E-state index contributed by atoms with van der Waals surface area (Å²) in [5.74, 6) is 0.244. The van der Waals surface area contributed by atoms with E-state index in [4.69, 9.17) is 13.9 Å². The third-order valence-corrected chi connectivity index (χ3v) is 5.02. The summed E-state index contributed by atoms with van der Waals surface area (Å²) < 4.78 is 16.3. The summed E-state index contributed by atoms with van der Waals surface area (Å²) in [7, 11) is 6.75. The number of hydrogen-bond donors (Lipinski definition) is 1. The lowest BCUT2D eigenvalue weighted by atomic mass is 9.99. The van der Waals surface area contributed by atoms with Crippen LogP contribution in [0.15, 0.2) is 40.3 Å². The van der Waals surface area contributed by atoms with Crippen LogP contribution in [-0.4, -0.2) is 68.0 Å². The van der Waals surface area contributed by atoms with Crippen LogP contribution in [0.2, 0.25) is 0 Å². The Hall–Kier alpha value is -3.26. The smallest absolute Gasteiger partial charge is 0.295 e. The fourth-order valence-electron chi connectivity index (χ4n) is 3.45. The van der Waals surface area contributed by atoms with Crippen LogP contribution in [0.4, 0.5) is 0 Å². The van der Waals surface area contributed by atoms with Gasteiger partial charge in [-0.2, -0.15) is 0 Å². The molecule has 160 valence electrons. The van der Waals surface area contributed by atoms with Crippen molar-refractivity contribution in [1.29, 1.82) is 0 Å². The maximum absolute atomic E-state index is 12.9. The third-order valence-electron chi connectivity index (χ3n) is 5.02. The molecule has 1 unspecified atom stereocenters. The van der Waals surface area contributed by atoms with Gasteiger partial charge in [0.05, 0.1) is 19.8 Å². The average Bonchev–Trinajstić information content (AvgIpc) is 3.26. The molecule has 1 aliphatic heterocycles. The van der Waals surface area contributed by atoms with E-state index in [-0.39, 0.29) is 11.3 Å². The van der Waals surface area contributed by atoms with E-state index in [0.717, 1.165) is 0 Å². The second-order valence-electron chi connectivity index (χ2n) is 7.31. The standard InChI is InChI=1S/C22H26N2O6/c1-13-6-8-16(30-13)19-18(21(26)22(27)24(19)11-10-23(2)3)20(25)14-7-9-15(28-4)17(12-14)29-5/h6-9,12,19,25H,10-11H2,1-5H3/b20-18-. The van der Waals surface area contributed by atoms with Crippen molar-refractivity contribution >= 4 is 17.4 Å². The molecule has 0 bridgehead atoms. The first-order valence-electron chi connectivity index (χ1n) is 9.50.